The molecule has 112 valence electrons. The van der Waals surface area contributed by atoms with Gasteiger partial charge in [-0.1, -0.05) is 32.9 Å². The third kappa shape index (κ3) is 3.12. The van der Waals surface area contributed by atoms with Crippen LogP contribution in [-0.2, 0) is 10.2 Å². The Kier molecular flexibility index (Phi) is 4.41. The van der Waals surface area contributed by atoms with E-state index in [2.05, 4.69) is 54.5 Å². The molecule has 2 aromatic rings. The Labute approximate surface area is 138 Å². The van der Waals surface area contributed by atoms with Crippen LogP contribution in [0.5, 0.6) is 0 Å². The summed E-state index contributed by atoms with van der Waals surface area (Å²) in [5, 5.41) is 4.49. The smallest absolute Gasteiger partial charge is 0.359 e. The molecule has 1 heterocycles. The summed E-state index contributed by atoms with van der Waals surface area (Å²) >= 11 is 2.18. The first-order valence-corrected chi connectivity index (χ1v) is 7.78. The molecule has 0 fully saturated rings. The molecule has 4 nitrogen and oxygen atoms in total. The maximum Gasteiger partial charge on any atom is 0.359 e. The number of esters is 1. The normalized spacial score (nSPS) is 11.5. The minimum atomic E-state index is -0.406. The van der Waals surface area contributed by atoms with Crippen molar-refractivity contribution in [3.8, 4) is 5.69 Å². The Hall–Kier alpha value is -1.37. The van der Waals surface area contributed by atoms with Crippen molar-refractivity contribution in [1.29, 1.82) is 0 Å². The minimum Gasteiger partial charge on any atom is -0.464 e. The summed E-state index contributed by atoms with van der Waals surface area (Å²) in [5.41, 5.74) is 3.34. The van der Waals surface area contributed by atoms with Crippen LogP contribution in [0.4, 0.5) is 0 Å². The van der Waals surface area contributed by atoms with E-state index in [-0.39, 0.29) is 5.41 Å². The van der Waals surface area contributed by atoms with Crippen LogP contribution in [0.2, 0.25) is 0 Å². The van der Waals surface area contributed by atoms with Crippen LogP contribution in [0.15, 0.2) is 24.3 Å². The highest BCUT2D eigenvalue weighted by molar-refractivity contribution is 14.1. The highest BCUT2D eigenvalue weighted by atomic mass is 127. The fourth-order valence-electron chi connectivity index (χ4n) is 2.22. The van der Waals surface area contributed by atoms with Crippen LogP contribution in [-0.4, -0.2) is 22.9 Å². The number of methoxy groups -OCH3 is 1. The minimum absolute atomic E-state index is 0.139. The molecule has 0 saturated carbocycles. The molecule has 1 aromatic carbocycles. The number of aryl methyl sites for hydroxylation is 1. The molecule has 0 spiro atoms. The van der Waals surface area contributed by atoms with Crippen molar-refractivity contribution in [3.05, 3.63) is 44.8 Å². The Bertz CT molecular complexity index is 684. The number of hydrogen-bond acceptors (Lipinski definition) is 3. The molecule has 0 bridgehead atoms. The summed E-state index contributed by atoms with van der Waals surface area (Å²) in [7, 11) is 1.38. The van der Waals surface area contributed by atoms with E-state index in [1.807, 2.05) is 29.8 Å². The van der Waals surface area contributed by atoms with E-state index in [0.29, 0.717) is 5.69 Å². The van der Waals surface area contributed by atoms with Crippen LogP contribution in [0.25, 0.3) is 5.69 Å². The molecule has 0 radical (unpaired) electrons. The lowest BCUT2D eigenvalue weighted by Gasteiger charge is -2.21. The molecular formula is C16H19IN2O2. The van der Waals surface area contributed by atoms with Gasteiger partial charge in [0.1, 0.15) is 0 Å². The van der Waals surface area contributed by atoms with Crippen LogP contribution in [0.3, 0.4) is 0 Å². The summed E-state index contributed by atoms with van der Waals surface area (Å²) < 4.78 is 7.53. The van der Waals surface area contributed by atoms with Crippen LogP contribution < -0.4 is 0 Å². The molecule has 0 amide bonds. The molecule has 0 aliphatic rings. The number of hydrogen-bond donors (Lipinski definition) is 0. The number of rotatable bonds is 2. The van der Waals surface area contributed by atoms with Crippen molar-refractivity contribution in [2.45, 2.75) is 33.1 Å². The van der Waals surface area contributed by atoms with Crippen molar-refractivity contribution in [2.75, 3.05) is 7.11 Å². The number of benzene rings is 1. The third-order valence-corrected chi connectivity index (χ3v) is 4.18. The van der Waals surface area contributed by atoms with Gasteiger partial charge in [0.15, 0.2) is 5.69 Å². The van der Waals surface area contributed by atoms with Gasteiger partial charge in [0.25, 0.3) is 0 Å². The van der Waals surface area contributed by atoms with E-state index in [4.69, 9.17) is 4.74 Å². The number of ether oxygens (including phenoxy) is 1. The van der Waals surface area contributed by atoms with Crippen LogP contribution >= 0.6 is 22.6 Å². The molecule has 0 saturated heterocycles. The van der Waals surface area contributed by atoms with E-state index < -0.39 is 5.97 Å². The molecule has 21 heavy (non-hydrogen) atoms. The predicted octanol–water partition coefficient (Wildman–Crippen LogP) is 3.87. The Morgan fingerprint density at radius 3 is 2.52 bits per heavy atom. The fourth-order valence-corrected chi connectivity index (χ4v) is 3.59. The molecular weight excluding hydrogens is 379 g/mol. The Balaban J connectivity index is 2.73. The van der Waals surface area contributed by atoms with Gasteiger partial charge in [0, 0.05) is 5.41 Å². The highest BCUT2D eigenvalue weighted by Crippen LogP contribution is 2.31. The van der Waals surface area contributed by atoms with E-state index in [1.54, 1.807) is 0 Å². The van der Waals surface area contributed by atoms with E-state index in [9.17, 15) is 4.79 Å². The molecule has 0 N–H and O–H groups in total. The zero-order chi connectivity index (χ0) is 15.8. The van der Waals surface area contributed by atoms with Gasteiger partial charge in [-0.15, -0.1) is 0 Å². The van der Waals surface area contributed by atoms with Crippen molar-refractivity contribution in [3.63, 3.8) is 0 Å². The van der Waals surface area contributed by atoms with Gasteiger partial charge in [-0.25, -0.2) is 9.48 Å². The molecule has 0 aliphatic heterocycles. The maximum atomic E-state index is 11.9. The van der Waals surface area contributed by atoms with Crippen LogP contribution in [0, 0.1) is 10.5 Å². The summed E-state index contributed by atoms with van der Waals surface area (Å²) in [4.78, 5) is 11.9. The second kappa shape index (κ2) is 5.79. The van der Waals surface area contributed by atoms with Crippen LogP contribution in [0.1, 0.15) is 42.5 Å². The summed E-state index contributed by atoms with van der Waals surface area (Å²) in [5.74, 6) is -0.406. The van der Waals surface area contributed by atoms with E-state index >= 15 is 0 Å². The Morgan fingerprint density at radius 1 is 1.33 bits per heavy atom. The lowest BCUT2D eigenvalue weighted by atomic mass is 9.91. The second-order valence-electron chi connectivity index (χ2n) is 6.00. The molecule has 2 rings (SSSR count). The van der Waals surface area contributed by atoms with E-state index in [0.717, 1.165) is 20.5 Å². The van der Waals surface area contributed by atoms with Crippen molar-refractivity contribution >= 4 is 28.6 Å². The summed E-state index contributed by atoms with van der Waals surface area (Å²) in [6.07, 6.45) is 0. The lowest BCUT2D eigenvalue weighted by molar-refractivity contribution is 0.0592. The number of nitrogens with zero attached hydrogens (tertiary/aromatic N) is 2. The quantitative estimate of drug-likeness (QED) is 0.570. The standard InChI is InChI=1S/C16H19IN2O2/c1-10-7-6-8-11(9-10)19-14(16(2,3)4)12(17)13(18-19)15(20)21-5/h6-9H,1-5H3. The van der Waals surface area contributed by atoms with Gasteiger partial charge in [0.05, 0.1) is 22.1 Å². The average molecular weight is 398 g/mol. The first-order chi connectivity index (χ1) is 9.75. The average Bonchev–Trinajstić information content (AvgIpc) is 2.75. The fraction of sp³-hybridized carbons (Fsp3) is 0.375. The number of aromatic nitrogens is 2. The summed E-state index contributed by atoms with van der Waals surface area (Å²) in [6, 6.07) is 8.07. The van der Waals surface area contributed by atoms with Crippen molar-refractivity contribution in [2.24, 2.45) is 0 Å². The van der Waals surface area contributed by atoms with Gasteiger partial charge in [-0.3, -0.25) is 0 Å². The number of halogens is 1. The lowest BCUT2D eigenvalue weighted by Crippen LogP contribution is -2.18. The molecule has 0 aliphatic carbocycles. The predicted molar refractivity (Wildman–Crippen MR) is 91.1 cm³/mol. The molecule has 0 atom stereocenters. The third-order valence-electron chi connectivity index (χ3n) is 3.16. The van der Waals surface area contributed by atoms with Gasteiger partial charge in [-0.2, -0.15) is 5.10 Å². The zero-order valence-corrected chi connectivity index (χ0v) is 15.1. The monoisotopic (exact) mass is 398 g/mol. The van der Waals surface area contributed by atoms with Crippen molar-refractivity contribution in [1.82, 2.24) is 9.78 Å². The van der Waals surface area contributed by atoms with E-state index in [1.165, 1.54) is 7.11 Å². The molecule has 1 aromatic heterocycles. The topological polar surface area (TPSA) is 44.1 Å². The van der Waals surface area contributed by atoms with Gasteiger partial charge < -0.3 is 4.74 Å². The van der Waals surface area contributed by atoms with Crippen molar-refractivity contribution < 1.29 is 9.53 Å². The summed E-state index contributed by atoms with van der Waals surface area (Å²) in [6.45, 7) is 8.37. The number of carbonyl (C=O) groups excluding carboxylic acids is 1. The first-order valence-electron chi connectivity index (χ1n) is 6.70. The van der Waals surface area contributed by atoms with Gasteiger partial charge in [0.2, 0.25) is 0 Å². The highest BCUT2D eigenvalue weighted by Gasteiger charge is 2.29. The maximum absolute atomic E-state index is 11.9. The Morgan fingerprint density at radius 2 is 2.00 bits per heavy atom. The molecule has 0 unspecified atom stereocenters. The second-order valence-corrected chi connectivity index (χ2v) is 7.08. The van der Waals surface area contributed by atoms with Gasteiger partial charge in [-0.05, 0) is 47.2 Å². The molecule has 5 heteroatoms. The largest absolute Gasteiger partial charge is 0.464 e. The zero-order valence-electron chi connectivity index (χ0n) is 12.9. The first kappa shape index (κ1) is 16.0. The number of carbonyl (C=O) groups is 1. The van der Waals surface area contributed by atoms with Gasteiger partial charge >= 0.3 is 5.97 Å². The SMILES string of the molecule is COC(=O)c1nn(-c2cccc(C)c2)c(C(C)(C)C)c1I.